The van der Waals surface area contributed by atoms with E-state index >= 15 is 0 Å². The number of carbonyl (C=O) groups excluding carboxylic acids is 3. The van der Waals surface area contributed by atoms with Crippen molar-refractivity contribution >= 4 is 35.1 Å². The predicted octanol–water partition coefficient (Wildman–Crippen LogP) is 3.13. The summed E-state index contributed by atoms with van der Waals surface area (Å²) in [5, 5.41) is 11.9. The summed E-state index contributed by atoms with van der Waals surface area (Å²) in [5.41, 5.74) is 1.60. The van der Waals surface area contributed by atoms with Gasteiger partial charge in [0.2, 0.25) is 0 Å². The quantitative estimate of drug-likeness (QED) is 0.714. The fraction of sp³-hybridized carbons (Fsp3) is 0.263. The summed E-state index contributed by atoms with van der Waals surface area (Å²) in [6.45, 7) is 4.52. The molecule has 9 heteroatoms. The molecule has 0 unspecified atom stereocenters. The van der Waals surface area contributed by atoms with Crippen molar-refractivity contribution in [2.75, 3.05) is 18.5 Å². The molecule has 0 aliphatic rings. The van der Waals surface area contributed by atoms with Crippen LogP contribution in [0.2, 0.25) is 5.02 Å². The van der Waals surface area contributed by atoms with Gasteiger partial charge in [0.15, 0.2) is 6.61 Å². The Labute approximate surface area is 166 Å². The lowest BCUT2D eigenvalue weighted by molar-refractivity contribution is -0.119. The standard InChI is InChI=1S/C19H18ClN3O5/c1-4-27-18(25)16-10(2)17(22-11(16)3)19(26)28-9-15(24)23-14-7-13(20)6-5-12(14)8-21/h5-7,22H,4,9H2,1-3H3,(H,23,24). The van der Waals surface area contributed by atoms with E-state index in [1.807, 2.05) is 6.07 Å². The Morgan fingerprint density at radius 1 is 1.21 bits per heavy atom. The smallest absolute Gasteiger partial charge is 0.355 e. The third kappa shape index (κ3) is 4.69. The maximum absolute atomic E-state index is 12.3. The van der Waals surface area contributed by atoms with Crippen molar-refractivity contribution in [1.29, 1.82) is 5.26 Å². The Morgan fingerprint density at radius 2 is 1.93 bits per heavy atom. The Balaban J connectivity index is 2.06. The van der Waals surface area contributed by atoms with Crippen LogP contribution in [-0.2, 0) is 14.3 Å². The van der Waals surface area contributed by atoms with Gasteiger partial charge in [-0.05, 0) is 44.5 Å². The summed E-state index contributed by atoms with van der Waals surface area (Å²) >= 11 is 5.86. The molecule has 0 radical (unpaired) electrons. The number of rotatable bonds is 6. The Bertz CT molecular complexity index is 975. The van der Waals surface area contributed by atoms with Crippen LogP contribution in [0.5, 0.6) is 0 Å². The van der Waals surface area contributed by atoms with Gasteiger partial charge in [-0.1, -0.05) is 11.6 Å². The lowest BCUT2D eigenvalue weighted by Gasteiger charge is -2.08. The molecule has 0 spiro atoms. The number of aryl methyl sites for hydroxylation is 1. The van der Waals surface area contributed by atoms with Crippen molar-refractivity contribution in [2.45, 2.75) is 20.8 Å². The first-order valence-corrected chi connectivity index (χ1v) is 8.69. The van der Waals surface area contributed by atoms with Crippen LogP contribution >= 0.6 is 11.6 Å². The predicted molar refractivity (Wildman–Crippen MR) is 101 cm³/mol. The van der Waals surface area contributed by atoms with Crippen LogP contribution in [0.15, 0.2) is 18.2 Å². The number of halogens is 1. The summed E-state index contributed by atoms with van der Waals surface area (Å²) in [4.78, 5) is 39.1. The van der Waals surface area contributed by atoms with Gasteiger partial charge in [0.25, 0.3) is 5.91 Å². The summed E-state index contributed by atoms with van der Waals surface area (Å²) < 4.78 is 9.97. The topological polar surface area (TPSA) is 121 Å². The van der Waals surface area contributed by atoms with E-state index in [1.54, 1.807) is 20.8 Å². The number of aromatic amines is 1. The number of esters is 2. The van der Waals surface area contributed by atoms with Crippen LogP contribution in [0.3, 0.4) is 0 Å². The van der Waals surface area contributed by atoms with Gasteiger partial charge in [-0.25, -0.2) is 9.59 Å². The average molecular weight is 404 g/mol. The molecule has 2 rings (SSSR count). The van der Waals surface area contributed by atoms with Crippen molar-refractivity contribution in [3.8, 4) is 6.07 Å². The van der Waals surface area contributed by atoms with Gasteiger partial charge in [-0.3, -0.25) is 4.79 Å². The van der Waals surface area contributed by atoms with Crippen molar-refractivity contribution < 1.29 is 23.9 Å². The van der Waals surface area contributed by atoms with E-state index in [0.717, 1.165) is 0 Å². The van der Waals surface area contributed by atoms with Gasteiger partial charge < -0.3 is 19.8 Å². The van der Waals surface area contributed by atoms with E-state index in [0.29, 0.717) is 16.3 Å². The number of carbonyl (C=O) groups is 3. The number of anilines is 1. The van der Waals surface area contributed by atoms with Gasteiger partial charge in [-0.2, -0.15) is 5.26 Å². The molecule has 0 saturated heterocycles. The number of hydrogen-bond acceptors (Lipinski definition) is 6. The second kappa shape index (κ2) is 9.06. The normalized spacial score (nSPS) is 10.1. The molecule has 28 heavy (non-hydrogen) atoms. The Morgan fingerprint density at radius 3 is 2.57 bits per heavy atom. The fourth-order valence-corrected chi connectivity index (χ4v) is 2.74. The first-order chi connectivity index (χ1) is 13.3. The lowest BCUT2D eigenvalue weighted by Crippen LogP contribution is -2.22. The third-order valence-electron chi connectivity index (χ3n) is 3.83. The molecule has 0 saturated carbocycles. The molecule has 1 amide bonds. The minimum Gasteiger partial charge on any atom is -0.462 e. The van der Waals surface area contributed by atoms with Crippen molar-refractivity contribution in [1.82, 2.24) is 4.98 Å². The SMILES string of the molecule is CCOC(=O)c1c(C)[nH]c(C(=O)OCC(=O)Nc2cc(Cl)ccc2C#N)c1C. The first kappa shape index (κ1) is 21.0. The minimum absolute atomic E-state index is 0.0637. The number of nitrogens with zero attached hydrogens (tertiary/aromatic N) is 1. The molecule has 0 fully saturated rings. The highest BCUT2D eigenvalue weighted by atomic mass is 35.5. The maximum atomic E-state index is 12.3. The largest absolute Gasteiger partial charge is 0.462 e. The molecular weight excluding hydrogens is 386 g/mol. The first-order valence-electron chi connectivity index (χ1n) is 8.31. The molecule has 146 valence electrons. The molecule has 0 aliphatic heterocycles. The van der Waals surface area contributed by atoms with Crippen LogP contribution in [0.25, 0.3) is 0 Å². The second-order valence-corrected chi connectivity index (χ2v) is 6.21. The molecule has 0 atom stereocenters. The molecule has 1 aromatic carbocycles. The monoisotopic (exact) mass is 403 g/mol. The van der Waals surface area contributed by atoms with Crippen molar-refractivity contribution in [3.63, 3.8) is 0 Å². The Kier molecular flexibility index (Phi) is 6.79. The highest BCUT2D eigenvalue weighted by Crippen LogP contribution is 2.21. The molecule has 0 bridgehead atoms. The van der Waals surface area contributed by atoms with E-state index in [-0.39, 0.29) is 29.1 Å². The molecule has 2 aromatic rings. The number of nitriles is 1. The summed E-state index contributed by atoms with van der Waals surface area (Å²) in [7, 11) is 0. The number of H-pyrrole nitrogens is 1. The zero-order chi connectivity index (χ0) is 20.8. The number of nitrogens with one attached hydrogen (secondary N) is 2. The van der Waals surface area contributed by atoms with Gasteiger partial charge >= 0.3 is 11.9 Å². The van der Waals surface area contributed by atoms with E-state index in [4.69, 9.17) is 26.3 Å². The van der Waals surface area contributed by atoms with E-state index in [1.165, 1.54) is 18.2 Å². The minimum atomic E-state index is -0.794. The second-order valence-electron chi connectivity index (χ2n) is 5.77. The number of amides is 1. The van der Waals surface area contributed by atoms with Crippen LogP contribution in [-0.4, -0.2) is 36.0 Å². The zero-order valence-corrected chi connectivity index (χ0v) is 16.3. The molecule has 1 heterocycles. The molecule has 0 aliphatic carbocycles. The third-order valence-corrected chi connectivity index (χ3v) is 4.07. The number of benzene rings is 1. The molecule has 1 aromatic heterocycles. The van der Waals surface area contributed by atoms with Gasteiger partial charge in [0.05, 0.1) is 23.4 Å². The van der Waals surface area contributed by atoms with Gasteiger partial charge in [0, 0.05) is 10.7 Å². The zero-order valence-electron chi connectivity index (χ0n) is 15.5. The van der Waals surface area contributed by atoms with Crippen LogP contribution in [0, 0.1) is 25.2 Å². The Hall–Kier alpha value is -3.31. The van der Waals surface area contributed by atoms with Crippen LogP contribution in [0.1, 0.15) is 44.6 Å². The lowest BCUT2D eigenvalue weighted by atomic mass is 10.1. The van der Waals surface area contributed by atoms with E-state index in [9.17, 15) is 14.4 Å². The highest BCUT2D eigenvalue weighted by molar-refractivity contribution is 6.31. The molecular formula is C19H18ClN3O5. The number of aromatic nitrogens is 1. The summed E-state index contributed by atoms with van der Waals surface area (Å²) in [6.07, 6.45) is 0. The summed E-state index contributed by atoms with van der Waals surface area (Å²) in [6, 6.07) is 6.33. The van der Waals surface area contributed by atoms with Crippen LogP contribution in [0.4, 0.5) is 5.69 Å². The van der Waals surface area contributed by atoms with E-state index < -0.39 is 24.5 Å². The number of hydrogen-bond donors (Lipinski definition) is 2. The average Bonchev–Trinajstić information content (AvgIpc) is 2.94. The van der Waals surface area contributed by atoms with Crippen molar-refractivity contribution in [3.05, 3.63) is 51.3 Å². The van der Waals surface area contributed by atoms with Gasteiger partial charge in [0.1, 0.15) is 11.8 Å². The maximum Gasteiger partial charge on any atom is 0.355 e. The van der Waals surface area contributed by atoms with Gasteiger partial charge in [-0.15, -0.1) is 0 Å². The molecule has 8 nitrogen and oxygen atoms in total. The van der Waals surface area contributed by atoms with Crippen LogP contribution < -0.4 is 5.32 Å². The summed E-state index contributed by atoms with van der Waals surface area (Å²) in [5.74, 6) is -1.98. The van der Waals surface area contributed by atoms with E-state index in [2.05, 4.69) is 10.3 Å². The van der Waals surface area contributed by atoms with Crippen molar-refractivity contribution in [2.24, 2.45) is 0 Å². The number of ether oxygens (including phenoxy) is 2. The fourth-order valence-electron chi connectivity index (χ4n) is 2.57. The highest BCUT2D eigenvalue weighted by Gasteiger charge is 2.24. The molecule has 2 N–H and O–H groups in total.